The van der Waals surface area contributed by atoms with E-state index in [1.54, 1.807) is 7.05 Å². The summed E-state index contributed by atoms with van der Waals surface area (Å²) in [5.74, 6) is 0. The molecule has 0 bridgehead atoms. The Hall–Kier alpha value is -0.260. The van der Waals surface area contributed by atoms with Gasteiger partial charge in [0.05, 0.1) is 13.2 Å². The highest BCUT2D eigenvalue weighted by Crippen LogP contribution is 1.95. The fourth-order valence-corrected chi connectivity index (χ4v) is 0.768. The smallest absolute Gasteiger partial charge is 0.251 e. The van der Waals surface area contributed by atoms with Gasteiger partial charge in [0, 0.05) is 12.6 Å². The van der Waals surface area contributed by atoms with E-state index in [1.807, 2.05) is 0 Å². The molecule has 0 aromatic heterocycles. The van der Waals surface area contributed by atoms with E-state index in [0.717, 1.165) is 0 Å². The van der Waals surface area contributed by atoms with E-state index in [2.05, 4.69) is 0 Å². The molecule has 0 aromatic rings. The van der Waals surface area contributed by atoms with Crippen LogP contribution in [-0.2, 0) is 0 Å². The van der Waals surface area contributed by atoms with Crippen LogP contribution in [0.25, 0.3) is 0 Å². The summed E-state index contributed by atoms with van der Waals surface area (Å²) in [5, 5.41) is 8.48. The van der Waals surface area contributed by atoms with Gasteiger partial charge in [-0.05, 0) is 7.05 Å². The fourth-order valence-electron chi connectivity index (χ4n) is 0.768. The highest BCUT2D eigenvalue weighted by Gasteiger charge is 2.10. The molecule has 0 fully saturated rings. The molecule has 0 saturated carbocycles. The van der Waals surface area contributed by atoms with E-state index in [-0.39, 0.29) is 13.2 Å². The zero-order valence-corrected chi connectivity index (χ0v) is 6.50. The Balaban J connectivity index is 3.43. The lowest BCUT2D eigenvalue weighted by Gasteiger charge is -2.18. The summed E-state index contributed by atoms with van der Waals surface area (Å²) < 4.78 is 23.4. The van der Waals surface area contributed by atoms with Crippen LogP contribution < -0.4 is 5.73 Å². The van der Waals surface area contributed by atoms with Crippen LogP contribution in [0.4, 0.5) is 8.78 Å². The molecule has 68 valence electrons. The molecular weight excluding hydrogens is 154 g/mol. The lowest BCUT2D eigenvalue weighted by atomic mass is 10.3. The van der Waals surface area contributed by atoms with Crippen LogP contribution in [-0.4, -0.2) is 49.2 Å². The van der Waals surface area contributed by atoms with Crippen LogP contribution in [0.15, 0.2) is 0 Å². The van der Waals surface area contributed by atoms with Crippen molar-refractivity contribution in [2.75, 3.05) is 26.7 Å². The Morgan fingerprint density at radius 2 is 2.00 bits per heavy atom. The lowest BCUT2D eigenvalue weighted by Crippen LogP contribution is -2.39. The fraction of sp³-hybridized carbons (Fsp3) is 1.00. The van der Waals surface area contributed by atoms with Crippen molar-refractivity contribution in [2.24, 2.45) is 5.73 Å². The number of hydrogen-bond donors (Lipinski definition) is 2. The summed E-state index contributed by atoms with van der Waals surface area (Å²) >= 11 is 0. The monoisotopic (exact) mass is 168 g/mol. The molecule has 0 spiro atoms. The molecule has 0 aromatic carbocycles. The molecule has 5 heteroatoms. The maximum Gasteiger partial charge on any atom is 0.251 e. The van der Waals surface area contributed by atoms with Gasteiger partial charge in [-0.3, -0.25) is 4.90 Å². The summed E-state index contributed by atoms with van der Waals surface area (Å²) in [5.41, 5.74) is 5.31. The minimum Gasteiger partial charge on any atom is -0.395 e. The van der Waals surface area contributed by atoms with E-state index in [1.165, 1.54) is 4.90 Å². The molecule has 0 rings (SSSR count). The normalized spacial score (nSPS) is 14.5. The molecule has 0 radical (unpaired) electrons. The molecule has 0 heterocycles. The van der Waals surface area contributed by atoms with E-state index < -0.39 is 12.5 Å². The maximum absolute atomic E-state index is 11.7. The quantitative estimate of drug-likeness (QED) is 0.582. The second-order valence-corrected chi connectivity index (χ2v) is 2.55. The second-order valence-electron chi connectivity index (χ2n) is 2.55. The van der Waals surface area contributed by atoms with Gasteiger partial charge in [-0.2, -0.15) is 0 Å². The minimum absolute atomic E-state index is 0.173. The number of likely N-dealkylation sites (N-methyl/N-ethyl adjacent to an activating group) is 1. The Morgan fingerprint density at radius 1 is 1.45 bits per heavy atom. The largest absolute Gasteiger partial charge is 0.395 e. The molecule has 3 nitrogen and oxygen atoms in total. The summed E-state index contributed by atoms with van der Waals surface area (Å²) in [7, 11) is 1.54. The number of halogens is 2. The molecule has 0 aliphatic rings. The molecule has 11 heavy (non-hydrogen) atoms. The van der Waals surface area contributed by atoms with Crippen molar-refractivity contribution in [1.82, 2.24) is 4.90 Å². The van der Waals surface area contributed by atoms with Crippen molar-refractivity contribution in [1.29, 1.82) is 0 Å². The lowest BCUT2D eigenvalue weighted by molar-refractivity contribution is 0.0936. The summed E-state index contributed by atoms with van der Waals surface area (Å²) in [4.78, 5) is 1.39. The van der Waals surface area contributed by atoms with Gasteiger partial charge < -0.3 is 10.8 Å². The highest BCUT2D eigenvalue weighted by molar-refractivity contribution is 4.64. The van der Waals surface area contributed by atoms with Gasteiger partial charge in [-0.1, -0.05) is 0 Å². The van der Waals surface area contributed by atoms with Gasteiger partial charge in [0.2, 0.25) is 0 Å². The Morgan fingerprint density at radius 3 is 2.36 bits per heavy atom. The van der Waals surface area contributed by atoms with Crippen molar-refractivity contribution in [2.45, 2.75) is 12.5 Å². The Labute approximate surface area is 64.8 Å². The average molecular weight is 168 g/mol. The van der Waals surface area contributed by atoms with Crippen LogP contribution in [0, 0.1) is 0 Å². The number of aliphatic hydroxyl groups is 1. The topological polar surface area (TPSA) is 49.5 Å². The van der Waals surface area contributed by atoms with Crippen molar-refractivity contribution in [3.8, 4) is 0 Å². The molecule has 0 aliphatic carbocycles. The first-order valence-corrected chi connectivity index (χ1v) is 3.39. The van der Waals surface area contributed by atoms with Crippen molar-refractivity contribution < 1.29 is 13.9 Å². The first-order chi connectivity index (χ1) is 5.06. The predicted molar refractivity (Wildman–Crippen MR) is 38.6 cm³/mol. The summed E-state index contributed by atoms with van der Waals surface area (Å²) in [6.07, 6.45) is -2.34. The van der Waals surface area contributed by atoms with Crippen LogP contribution >= 0.6 is 0 Å². The zero-order valence-electron chi connectivity index (χ0n) is 6.50. The third kappa shape index (κ3) is 6.15. The number of alkyl halides is 2. The molecule has 0 aliphatic heterocycles. The zero-order chi connectivity index (χ0) is 8.85. The third-order valence-electron chi connectivity index (χ3n) is 1.23. The molecule has 0 amide bonds. The van der Waals surface area contributed by atoms with Gasteiger partial charge in [0.1, 0.15) is 0 Å². The summed E-state index contributed by atoms with van der Waals surface area (Å²) in [6.45, 7) is -0.178. The summed E-state index contributed by atoms with van der Waals surface area (Å²) in [6, 6.07) is -0.432. The van der Waals surface area contributed by atoms with Gasteiger partial charge >= 0.3 is 0 Å². The number of nitrogens with zero attached hydrogens (tertiary/aromatic N) is 1. The first kappa shape index (κ1) is 10.7. The van der Waals surface area contributed by atoms with Gasteiger partial charge in [0.15, 0.2) is 0 Å². The number of nitrogens with two attached hydrogens (primary N) is 1. The number of hydrogen-bond acceptors (Lipinski definition) is 3. The van der Waals surface area contributed by atoms with Gasteiger partial charge in [-0.15, -0.1) is 0 Å². The molecule has 1 unspecified atom stereocenters. The van der Waals surface area contributed by atoms with E-state index >= 15 is 0 Å². The van der Waals surface area contributed by atoms with Crippen LogP contribution in [0.1, 0.15) is 0 Å². The Kier molecular flexibility index (Phi) is 5.27. The molecular formula is C6H14F2N2O. The first-order valence-electron chi connectivity index (χ1n) is 3.39. The standard InChI is InChI=1S/C6H14F2N2O/c1-10(3-6(7)8)2-5(9)4-11/h5-6,11H,2-4,9H2,1H3. The number of aliphatic hydroxyl groups excluding tert-OH is 1. The highest BCUT2D eigenvalue weighted by atomic mass is 19.3. The average Bonchev–Trinajstić information content (AvgIpc) is 1.85. The van der Waals surface area contributed by atoms with Crippen LogP contribution in [0.2, 0.25) is 0 Å². The predicted octanol–water partition coefficient (Wildman–Crippen LogP) is -0.497. The molecule has 1 atom stereocenters. The number of rotatable bonds is 5. The maximum atomic E-state index is 11.7. The molecule has 3 N–H and O–H groups in total. The SMILES string of the molecule is CN(CC(F)F)CC(N)CO. The van der Waals surface area contributed by atoms with E-state index in [9.17, 15) is 8.78 Å². The minimum atomic E-state index is -2.34. The van der Waals surface area contributed by atoms with E-state index in [0.29, 0.717) is 6.54 Å². The van der Waals surface area contributed by atoms with Gasteiger partial charge in [0.25, 0.3) is 6.43 Å². The van der Waals surface area contributed by atoms with Crippen LogP contribution in [0.5, 0.6) is 0 Å². The second kappa shape index (κ2) is 5.40. The molecule has 0 saturated heterocycles. The van der Waals surface area contributed by atoms with Crippen molar-refractivity contribution >= 4 is 0 Å². The third-order valence-corrected chi connectivity index (χ3v) is 1.23. The van der Waals surface area contributed by atoms with Gasteiger partial charge in [-0.25, -0.2) is 8.78 Å². The van der Waals surface area contributed by atoms with E-state index in [4.69, 9.17) is 10.8 Å². The van der Waals surface area contributed by atoms with Crippen molar-refractivity contribution in [3.05, 3.63) is 0 Å². The van der Waals surface area contributed by atoms with Crippen LogP contribution in [0.3, 0.4) is 0 Å². The Bertz CT molecular complexity index is 103. The van der Waals surface area contributed by atoms with Crippen molar-refractivity contribution in [3.63, 3.8) is 0 Å².